The van der Waals surface area contributed by atoms with Gasteiger partial charge in [0.05, 0.1) is 6.10 Å². The van der Waals surface area contributed by atoms with E-state index in [-0.39, 0.29) is 11.7 Å². The first-order chi connectivity index (χ1) is 6.47. The van der Waals surface area contributed by atoms with E-state index in [9.17, 15) is 4.79 Å². The molecular weight excluding hydrogens is 184 g/mol. The second-order valence-corrected chi connectivity index (χ2v) is 3.71. The van der Waals surface area contributed by atoms with Gasteiger partial charge in [-0.1, -0.05) is 13.5 Å². The van der Waals surface area contributed by atoms with Crippen LogP contribution in [0.25, 0.3) is 0 Å². The van der Waals surface area contributed by atoms with Crippen molar-refractivity contribution in [3.63, 3.8) is 0 Å². The highest BCUT2D eigenvalue weighted by Gasteiger charge is 2.11. The number of hydrogen-bond donors (Lipinski definition) is 2. The van der Waals surface area contributed by atoms with Crippen molar-refractivity contribution in [2.45, 2.75) is 39.2 Å². The SMILES string of the molecule is C=C(CCC(C)CC(C)O)C(=O)OO. The summed E-state index contributed by atoms with van der Waals surface area (Å²) in [6.45, 7) is 7.20. The zero-order valence-corrected chi connectivity index (χ0v) is 8.69. The number of hydrogen-bond acceptors (Lipinski definition) is 4. The summed E-state index contributed by atoms with van der Waals surface area (Å²) in [5.41, 5.74) is 0.255. The Bertz CT molecular complexity index is 198. The molecule has 0 aliphatic carbocycles. The molecule has 4 heteroatoms. The topological polar surface area (TPSA) is 66.8 Å². The molecule has 0 heterocycles. The van der Waals surface area contributed by atoms with Gasteiger partial charge >= 0.3 is 5.97 Å². The maximum Gasteiger partial charge on any atom is 0.368 e. The van der Waals surface area contributed by atoms with Gasteiger partial charge in [-0.25, -0.2) is 4.79 Å². The first-order valence-corrected chi connectivity index (χ1v) is 4.69. The summed E-state index contributed by atoms with van der Waals surface area (Å²) in [6, 6.07) is 0. The van der Waals surface area contributed by atoms with Crippen LogP contribution in [0.5, 0.6) is 0 Å². The average molecular weight is 202 g/mol. The van der Waals surface area contributed by atoms with E-state index in [1.54, 1.807) is 6.92 Å². The lowest BCUT2D eigenvalue weighted by Gasteiger charge is -2.12. The number of carbonyl (C=O) groups excluding carboxylic acids is 1. The summed E-state index contributed by atoms with van der Waals surface area (Å²) < 4.78 is 0. The van der Waals surface area contributed by atoms with Crippen LogP contribution < -0.4 is 0 Å². The summed E-state index contributed by atoms with van der Waals surface area (Å²) in [5.74, 6) is -0.465. The van der Waals surface area contributed by atoms with Crippen LogP contribution in [0.2, 0.25) is 0 Å². The highest BCUT2D eigenvalue weighted by Crippen LogP contribution is 2.16. The molecule has 4 nitrogen and oxygen atoms in total. The lowest BCUT2D eigenvalue weighted by molar-refractivity contribution is -0.229. The third-order valence-corrected chi connectivity index (χ3v) is 2.05. The van der Waals surface area contributed by atoms with Crippen molar-refractivity contribution >= 4 is 5.97 Å². The van der Waals surface area contributed by atoms with Crippen LogP contribution in [0.15, 0.2) is 12.2 Å². The summed E-state index contributed by atoms with van der Waals surface area (Å²) in [4.78, 5) is 14.3. The second-order valence-electron chi connectivity index (χ2n) is 3.71. The zero-order chi connectivity index (χ0) is 11.1. The number of rotatable bonds is 6. The molecule has 2 atom stereocenters. The van der Waals surface area contributed by atoms with E-state index in [1.165, 1.54) is 0 Å². The van der Waals surface area contributed by atoms with Crippen molar-refractivity contribution in [2.75, 3.05) is 0 Å². The predicted molar refractivity (Wildman–Crippen MR) is 52.6 cm³/mol. The molecule has 0 radical (unpaired) electrons. The number of aliphatic hydroxyl groups excluding tert-OH is 1. The van der Waals surface area contributed by atoms with Crippen molar-refractivity contribution in [2.24, 2.45) is 5.92 Å². The smallest absolute Gasteiger partial charge is 0.368 e. The van der Waals surface area contributed by atoms with Crippen molar-refractivity contribution < 1.29 is 20.0 Å². The van der Waals surface area contributed by atoms with Crippen LogP contribution >= 0.6 is 0 Å². The molecule has 82 valence electrons. The van der Waals surface area contributed by atoms with Gasteiger partial charge in [0.25, 0.3) is 0 Å². The Labute approximate surface area is 84.1 Å². The Hall–Kier alpha value is -0.870. The fourth-order valence-electron chi connectivity index (χ4n) is 1.29. The Morgan fingerprint density at radius 1 is 1.50 bits per heavy atom. The molecule has 0 aromatic heterocycles. The molecule has 2 unspecified atom stereocenters. The highest BCUT2D eigenvalue weighted by atomic mass is 17.1. The average Bonchev–Trinajstić information content (AvgIpc) is 2.11. The normalized spacial score (nSPS) is 14.6. The standard InChI is InChI=1S/C10H18O4/c1-7(6-9(3)11)4-5-8(2)10(12)14-13/h7,9,11,13H,2,4-6H2,1,3H3. The zero-order valence-electron chi connectivity index (χ0n) is 8.69. The van der Waals surface area contributed by atoms with E-state index in [2.05, 4.69) is 11.5 Å². The molecule has 0 saturated heterocycles. The van der Waals surface area contributed by atoms with Crippen LogP contribution in [0.3, 0.4) is 0 Å². The van der Waals surface area contributed by atoms with Gasteiger partial charge in [0.15, 0.2) is 0 Å². The molecule has 0 aliphatic heterocycles. The molecule has 0 fully saturated rings. The van der Waals surface area contributed by atoms with Crippen molar-refractivity contribution in [3.8, 4) is 0 Å². The van der Waals surface area contributed by atoms with E-state index < -0.39 is 5.97 Å². The minimum Gasteiger partial charge on any atom is -0.393 e. The van der Waals surface area contributed by atoms with Gasteiger partial charge < -0.3 is 5.11 Å². The molecule has 0 rings (SSSR count). The molecule has 0 aliphatic rings. The molecule has 0 bridgehead atoms. The van der Waals surface area contributed by atoms with Crippen LogP contribution in [0, 0.1) is 5.92 Å². The van der Waals surface area contributed by atoms with Gasteiger partial charge in [-0.3, -0.25) is 4.89 Å². The molecule has 0 spiro atoms. The summed E-state index contributed by atoms with van der Waals surface area (Å²) in [5, 5.41) is 17.2. The highest BCUT2D eigenvalue weighted by molar-refractivity contribution is 5.87. The van der Waals surface area contributed by atoms with Crippen LogP contribution in [-0.4, -0.2) is 22.4 Å². The maximum atomic E-state index is 10.7. The molecule has 14 heavy (non-hydrogen) atoms. The van der Waals surface area contributed by atoms with E-state index >= 15 is 0 Å². The van der Waals surface area contributed by atoms with E-state index in [4.69, 9.17) is 10.4 Å². The second kappa shape index (κ2) is 6.56. The summed E-state index contributed by atoms with van der Waals surface area (Å²) in [7, 11) is 0. The minimum atomic E-state index is -0.783. The first-order valence-electron chi connectivity index (χ1n) is 4.69. The summed E-state index contributed by atoms with van der Waals surface area (Å²) >= 11 is 0. The monoisotopic (exact) mass is 202 g/mol. The quantitative estimate of drug-likeness (QED) is 0.391. The minimum absolute atomic E-state index is 0.255. The lowest BCUT2D eigenvalue weighted by Crippen LogP contribution is -2.09. The van der Waals surface area contributed by atoms with E-state index in [0.29, 0.717) is 18.8 Å². The van der Waals surface area contributed by atoms with Crippen molar-refractivity contribution in [1.29, 1.82) is 0 Å². The van der Waals surface area contributed by atoms with Gasteiger partial charge in [-0.05, 0) is 32.1 Å². The lowest BCUT2D eigenvalue weighted by atomic mass is 9.97. The van der Waals surface area contributed by atoms with Crippen molar-refractivity contribution in [1.82, 2.24) is 0 Å². The van der Waals surface area contributed by atoms with Gasteiger partial charge in [0.2, 0.25) is 0 Å². The van der Waals surface area contributed by atoms with Gasteiger partial charge in [0, 0.05) is 5.57 Å². The van der Waals surface area contributed by atoms with Gasteiger partial charge in [-0.2, -0.15) is 5.26 Å². The molecule has 0 amide bonds. The van der Waals surface area contributed by atoms with E-state index in [1.807, 2.05) is 6.92 Å². The molecule has 2 N–H and O–H groups in total. The van der Waals surface area contributed by atoms with Crippen LogP contribution in [0.1, 0.15) is 33.1 Å². The Morgan fingerprint density at radius 2 is 2.07 bits per heavy atom. The van der Waals surface area contributed by atoms with Crippen LogP contribution in [-0.2, 0) is 9.68 Å². The first kappa shape index (κ1) is 13.1. The van der Waals surface area contributed by atoms with Crippen LogP contribution in [0.4, 0.5) is 0 Å². The molecule has 0 aromatic rings. The Balaban J connectivity index is 3.71. The predicted octanol–water partition coefficient (Wildman–Crippen LogP) is 1.75. The third kappa shape index (κ3) is 5.72. The fraction of sp³-hybridized carbons (Fsp3) is 0.700. The van der Waals surface area contributed by atoms with Gasteiger partial charge in [0.1, 0.15) is 0 Å². The largest absolute Gasteiger partial charge is 0.393 e. The molecule has 0 aromatic carbocycles. The fourth-order valence-corrected chi connectivity index (χ4v) is 1.29. The van der Waals surface area contributed by atoms with Crippen molar-refractivity contribution in [3.05, 3.63) is 12.2 Å². The number of aliphatic hydroxyl groups is 1. The third-order valence-electron chi connectivity index (χ3n) is 2.05. The molecular formula is C10H18O4. The molecule has 0 saturated carbocycles. The summed E-state index contributed by atoms with van der Waals surface area (Å²) in [6.07, 6.45) is 1.59. The Morgan fingerprint density at radius 3 is 2.50 bits per heavy atom. The van der Waals surface area contributed by atoms with Gasteiger partial charge in [-0.15, -0.1) is 0 Å². The number of carbonyl (C=O) groups is 1. The van der Waals surface area contributed by atoms with E-state index in [0.717, 1.165) is 6.42 Å². The maximum absolute atomic E-state index is 10.7. The Kier molecular flexibility index (Phi) is 6.16.